The molecule has 0 aliphatic carbocycles. The van der Waals surface area contributed by atoms with E-state index < -0.39 is 0 Å². The van der Waals surface area contributed by atoms with Crippen LogP contribution in [0.25, 0.3) is 11.6 Å². The minimum Gasteiger partial charge on any atom is -0.496 e. The molecule has 30 heavy (non-hydrogen) atoms. The molecule has 1 aromatic heterocycles. The molecule has 0 amide bonds. The summed E-state index contributed by atoms with van der Waals surface area (Å²) in [7, 11) is 10.9. The molecule has 0 bridgehead atoms. The normalized spacial score (nSPS) is 15.2. The highest BCUT2D eigenvalue weighted by molar-refractivity contribution is 6.11. The fraction of sp³-hybridized carbons (Fsp3) is 0.261. The Morgan fingerprint density at radius 3 is 2.37 bits per heavy atom. The van der Waals surface area contributed by atoms with E-state index in [-0.39, 0.29) is 0 Å². The fourth-order valence-corrected chi connectivity index (χ4v) is 3.46. The number of allylic oxidation sites excluding steroid dienone is 3. The number of rotatable bonds is 8. The molecule has 1 aliphatic heterocycles. The van der Waals surface area contributed by atoms with Crippen molar-refractivity contribution >= 4 is 25.3 Å². The molecule has 154 valence electrons. The van der Waals surface area contributed by atoms with Crippen LogP contribution in [0.3, 0.4) is 0 Å². The molecule has 2 heterocycles. The molecule has 1 aliphatic rings. The first-order valence-corrected chi connectivity index (χ1v) is 9.63. The van der Waals surface area contributed by atoms with Gasteiger partial charge in [0.1, 0.15) is 17.2 Å². The smallest absolute Gasteiger partial charge is 0.234 e. The topological polar surface area (TPSA) is 71.0 Å². The summed E-state index contributed by atoms with van der Waals surface area (Å²) in [5, 5.41) is 0. The molecular weight excluding hydrogens is 377 g/mol. The maximum absolute atomic E-state index is 6.06. The molecule has 3 rings (SSSR count). The Hall–Kier alpha value is -3.19. The minimum atomic E-state index is 0.512. The van der Waals surface area contributed by atoms with Gasteiger partial charge in [0.05, 0.1) is 38.3 Å². The summed E-state index contributed by atoms with van der Waals surface area (Å²) in [6.07, 6.45) is 8.39. The molecule has 0 saturated heterocycles. The molecule has 0 atom stereocenters. The van der Waals surface area contributed by atoms with Crippen LogP contribution in [0.1, 0.15) is 24.6 Å². The number of hydrogen-bond acceptors (Lipinski definition) is 5. The van der Waals surface area contributed by atoms with Crippen molar-refractivity contribution in [3.05, 3.63) is 65.1 Å². The number of benzene rings is 1. The standard InChI is InChI=1S/C23H26BN3O3/c1-15-12-16(26-23(15)18(9-10-25)20-6-5-11-27(20)24)7-8-19-21(29-3)13-17(28-2)14-22(19)30-4/h5-8,11-14H,9-10,25H2,1-4H3/b8-7+,23-18-. The zero-order chi connectivity index (χ0) is 21.7. The summed E-state index contributed by atoms with van der Waals surface area (Å²) in [5.41, 5.74) is 11.4. The van der Waals surface area contributed by atoms with Crippen molar-refractivity contribution in [1.29, 1.82) is 0 Å². The number of nitrogens with zero attached hydrogens (tertiary/aromatic N) is 2. The van der Waals surface area contributed by atoms with Crippen molar-refractivity contribution in [2.24, 2.45) is 10.7 Å². The van der Waals surface area contributed by atoms with Gasteiger partial charge in [-0.05, 0) is 62.0 Å². The van der Waals surface area contributed by atoms with E-state index in [4.69, 9.17) is 32.9 Å². The van der Waals surface area contributed by atoms with Crippen LogP contribution in [0.2, 0.25) is 0 Å². The summed E-state index contributed by atoms with van der Waals surface area (Å²) >= 11 is 0. The Morgan fingerprint density at radius 2 is 1.83 bits per heavy atom. The third-order valence-electron chi connectivity index (χ3n) is 4.92. The second kappa shape index (κ2) is 9.54. The lowest BCUT2D eigenvalue weighted by atomic mass is 10.0. The molecule has 7 heteroatoms. The number of nitrogens with two attached hydrogens (primary N) is 1. The van der Waals surface area contributed by atoms with Gasteiger partial charge in [0, 0.05) is 23.4 Å². The highest BCUT2D eigenvalue weighted by Gasteiger charge is 2.17. The molecule has 0 spiro atoms. The van der Waals surface area contributed by atoms with Crippen molar-refractivity contribution in [1.82, 2.24) is 4.48 Å². The van der Waals surface area contributed by atoms with E-state index >= 15 is 0 Å². The summed E-state index contributed by atoms with van der Waals surface area (Å²) < 4.78 is 17.9. The van der Waals surface area contributed by atoms with Crippen molar-refractivity contribution in [3.63, 3.8) is 0 Å². The maximum Gasteiger partial charge on any atom is 0.234 e. The molecule has 0 fully saturated rings. The average molecular weight is 403 g/mol. The van der Waals surface area contributed by atoms with Gasteiger partial charge < -0.3 is 24.4 Å². The third kappa shape index (κ3) is 4.36. The van der Waals surface area contributed by atoms with Gasteiger partial charge in [-0.3, -0.25) is 0 Å². The van der Waals surface area contributed by atoms with E-state index in [0.717, 1.165) is 33.8 Å². The Morgan fingerprint density at radius 1 is 1.13 bits per heavy atom. The van der Waals surface area contributed by atoms with Gasteiger partial charge in [0.15, 0.2) is 0 Å². The quantitative estimate of drug-likeness (QED) is 0.684. The molecule has 2 aromatic rings. The van der Waals surface area contributed by atoms with Crippen LogP contribution < -0.4 is 19.9 Å². The molecule has 0 saturated carbocycles. The largest absolute Gasteiger partial charge is 0.496 e. The average Bonchev–Trinajstić information content (AvgIpc) is 3.34. The van der Waals surface area contributed by atoms with Crippen molar-refractivity contribution in [3.8, 4) is 17.2 Å². The van der Waals surface area contributed by atoms with E-state index in [0.29, 0.717) is 30.2 Å². The highest BCUT2D eigenvalue weighted by atomic mass is 16.5. The van der Waals surface area contributed by atoms with Crippen LogP contribution in [0.4, 0.5) is 0 Å². The highest BCUT2D eigenvalue weighted by Crippen LogP contribution is 2.36. The summed E-state index contributed by atoms with van der Waals surface area (Å²) in [5.74, 6) is 1.97. The van der Waals surface area contributed by atoms with Gasteiger partial charge in [0.2, 0.25) is 7.98 Å². The number of ether oxygens (including phenoxy) is 3. The Labute approximate surface area is 178 Å². The molecule has 6 nitrogen and oxygen atoms in total. The van der Waals surface area contributed by atoms with Gasteiger partial charge in [0.25, 0.3) is 0 Å². The maximum atomic E-state index is 6.06. The fourth-order valence-electron chi connectivity index (χ4n) is 3.46. The van der Waals surface area contributed by atoms with E-state index in [1.807, 2.05) is 55.6 Å². The number of hydrogen-bond donors (Lipinski definition) is 1. The van der Waals surface area contributed by atoms with Crippen LogP contribution in [0.15, 0.2) is 58.9 Å². The molecule has 2 radical (unpaired) electrons. The summed E-state index contributed by atoms with van der Waals surface area (Å²) in [4.78, 5) is 4.83. The van der Waals surface area contributed by atoms with Crippen LogP contribution in [-0.2, 0) is 0 Å². The predicted octanol–water partition coefficient (Wildman–Crippen LogP) is 3.62. The second-order valence-corrected chi connectivity index (χ2v) is 6.81. The zero-order valence-electron chi connectivity index (χ0n) is 17.8. The summed E-state index contributed by atoms with van der Waals surface area (Å²) in [6.45, 7) is 2.55. The number of methoxy groups -OCH3 is 3. The van der Waals surface area contributed by atoms with E-state index in [9.17, 15) is 0 Å². The van der Waals surface area contributed by atoms with Crippen molar-refractivity contribution < 1.29 is 14.2 Å². The number of aromatic nitrogens is 1. The van der Waals surface area contributed by atoms with Gasteiger partial charge >= 0.3 is 0 Å². The lowest BCUT2D eigenvalue weighted by molar-refractivity contribution is 0.374. The van der Waals surface area contributed by atoms with E-state index in [1.165, 1.54) is 0 Å². The Kier molecular flexibility index (Phi) is 6.85. The van der Waals surface area contributed by atoms with E-state index in [2.05, 4.69) is 0 Å². The first-order chi connectivity index (χ1) is 14.5. The van der Waals surface area contributed by atoms with Crippen molar-refractivity contribution in [2.75, 3.05) is 27.9 Å². The van der Waals surface area contributed by atoms with Crippen molar-refractivity contribution in [2.45, 2.75) is 13.3 Å². The molecule has 2 N–H and O–H groups in total. The summed E-state index contributed by atoms with van der Waals surface area (Å²) in [6, 6.07) is 7.52. The molecular formula is C23H26BN3O3. The van der Waals surface area contributed by atoms with Crippen LogP contribution in [0.5, 0.6) is 17.2 Å². The van der Waals surface area contributed by atoms with Gasteiger partial charge in [-0.2, -0.15) is 0 Å². The van der Waals surface area contributed by atoms with Crippen LogP contribution in [0, 0.1) is 0 Å². The van der Waals surface area contributed by atoms with Gasteiger partial charge in [-0.25, -0.2) is 4.99 Å². The first-order valence-electron chi connectivity index (χ1n) is 9.63. The van der Waals surface area contributed by atoms with Crippen LogP contribution in [-0.4, -0.2) is 46.0 Å². The lowest BCUT2D eigenvalue weighted by Gasteiger charge is -2.12. The Balaban J connectivity index is 2.01. The molecule has 1 aromatic carbocycles. The predicted molar refractivity (Wildman–Crippen MR) is 122 cm³/mol. The van der Waals surface area contributed by atoms with Gasteiger partial charge in [-0.15, -0.1) is 0 Å². The zero-order valence-corrected chi connectivity index (χ0v) is 17.8. The van der Waals surface area contributed by atoms with Crippen LogP contribution >= 0.6 is 0 Å². The molecule has 0 unspecified atom stereocenters. The second-order valence-electron chi connectivity index (χ2n) is 6.81. The Bertz CT molecular complexity index is 1020. The minimum absolute atomic E-state index is 0.512. The van der Waals surface area contributed by atoms with E-state index in [1.54, 1.807) is 25.8 Å². The first kappa shape index (κ1) is 21.5. The third-order valence-corrected chi connectivity index (χ3v) is 4.92. The lowest BCUT2D eigenvalue weighted by Crippen LogP contribution is -2.05. The number of aliphatic imine (C=N–C) groups is 1. The SMILES string of the molecule is [B]n1cccc1/C(CCN)=C1N=C(/C=C/c2c(OC)cc(OC)cc2OC)C=C\1C. The van der Waals surface area contributed by atoms with Gasteiger partial charge in [-0.1, -0.05) is 0 Å². The monoisotopic (exact) mass is 403 g/mol.